The highest BCUT2D eigenvalue weighted by Crippen LogP contribution is 2.16. The second-order valence-electron chi connectivity index (χ2n) is 5.15. The Morgan fingerprint density at radius 2 is 2.17 bits per heavy atom. The largest absolute Gasteiger partial charge is 0.497 e. The molecule has 1 aromatic carbocycles. The van der Waals surface area contributed by atoms with Crippen molar-refractivity contribution in [3.63, 3.8) is 0 Å². The summed E-state index contributed by atoms with van der Waals surface area (Å²) >= 11 is 0. The van der Waals surface area contributed by atoms with Crippen LogP contribution < -0.4 is 10.1 Å². The molecule has 0 bridgehead atoms. The van der Waals surface area contributed by atoms with E-state index >= 15 is 0 Å². The third-order valence-corrected chi connectivity index (χ3v) is 3.38. The standard InChI is InChI=1S/C16H16N6O2/c1-10-6-12(15-19-21-22-20-15)8-14(18-10)16(23)17-9-11-4-3-5-13(7-11)24-2/h3-8H,9H2,1-2H3,(H,17,23)(H,19,20,21,22). The molecule has 0 aliphatic heterocycles. The Morgan fingerprint density at radius 1 is 1.29 bits per heavy atom. The number of tetrazole rings is 1. The van der Waals surface area contributed by atoms with E-state index in [9.17, 15) is 4.79 Å². The third-order valence-electron chi connectivity index (χ3n) is 3.38. The Bertz CT molecular complexity index is 848. The van der Waals surface area contributed by atoms with Crippen LogP contribution >= 0.6 is 0 Å². The lowest BCUT2D eigenvalue weighted by molar-refractivity contribution is 0.0945. The smallest absolute Gasteiger partial charge is 0.270 e. The van der Waals surface area contributed by atoms with Gasteiger partial charge in [-0.25, -0.2) is 4.98 Å². The summed E-state index contributed by atoms with van der Waals surface area (Å²) in [6.07, 6.45) is 0. The van der Waals surface area contributed by atoms with Crippen molar-refractivity contribution in [1.82, 2.24) is 30.9 Å². The van der Waals surface area contributed by atoms with Gasteiger partial charge in [-0.1, -0.05) is 12.1 Å². The van der Waals surface area contributed by atoms with Crippen LogP contribution in [0.1, 0.15) is 21.7 Å². The number of hydrogen-bond donors (Lipinski definition) is 2. The van der Waals surface area contributed by atoms with Gasteiger partial charge in [-0.05, 0) is 42.0 Å². The molecule has 3 rings (SSSR count). The lowest BCUT2D eigenvalue weighted by Crippen LogP contribution is -2.24. The molecule has 0 radical (unpaired) electrons. The zero-order chi connectivity index (χ0) is 16.9. The number of H-pyrrole nitrogens is 1. The molecule has 2 N–H and O–H groups in total. The van der Waals surface area contributed by atoms with Crippen molar-refractivity contribution in [3.8, 4) is 17.1 Å². The van der Waals surface area contributed by atoms with Gasteiger partial charge >= 0.3 is 0 Å². The molecule has 1 amide bonds. The van der Waals surface area contributed by atoms with E-state index in [1.54, 1.807) is 19.2 Å². The average molecular weight is 324 g/mol. The zero-order valence-electron chi connectivity index (χ0n) is 13.3. The molecule has 122 valence electrons. The summed E-state index contributed by atoms with van der Waals surface area (Å²) < 4.78 is 5.17. The van der Waals surface area contributed by atoms with Crippen molar-refractivity contribution >= 4 is 5.91 Å². The van der Waals surface area contributed by atoms with Gasteiger partial charge in [0.15, 0.2) is 0 Å². The normalized spacial score (nSPS) is 10.4. The number of rotatable bonds is 5. The number of aromatic nitrogens is 5. The Kier molecular flexibility index (Phi) is 4.46. The molecule has 2 aromatic heterocycles. The molecule has 0 atom stereocenters. The van der Waals surface area contributed by atoms with Crippen LogP contribution in [0.15, 0.2) is 36.4 Å². The van der Waals surface area contributed by atoms with Crippen molar-refractivity contribution < 1.29 is 9.53 Å². The van der Waals surface area contributed by atoms with Crippen molar-refractivity contribution in [2.24, 2.45) is 0 Å². The van der Waals surface area contributed by atoms with E-state index < -0.39 is 0 Å². The van der Waals surface area contributed by atoms with Crippen LogP contribution in [-0.4, -0.2) is 38.6 Å². The first-order chi connectivity index (χ1) is 11.7. The van der Waals surface area contributed by atoms with Crippen LogP contribution in [0.25, 0.3) is 11.4 Å². The van der Waals surface area contributed by atoms with E-state index in [0.29, 0.717) is 29.3 Å². The second-order valence-corrected chi connectivity index (χ2v) is 5.15. The number of carbonyl (C=O) groups is 1. The molecule has 8 nitrogen and oxygen atoms in total. The number of pyridine rings is 1. The van der Waals surface area contributed by atoms with Gasteiger partial charge in [0.2, 0.25) is 5.82 Å². The number of carbonyl (C=O) groups excluding carboxylic acids is 1. The SMILES string of the molecule is COc1cccc(CNC(=O)c2cc(-c3nn[nH]n3)cc(C)n2)c1. The molecule has 0 aliphatic rings. The summed E-state index contributed by atoms with van der Waals surface area (Å²) in [6, 6.07) is 10.9. The summed E-state index contributed by atoms with van der Waals surface area (Å²) in [5, 5.41) is 16.6. The van der Waals surface area contributed by atoms with Gasteiger partial charge in [0.25, 0.3) is 5.91 Å². The van der Waals surface area contributed by atoms with E-state index in [1.165, 1.54) is 0 Å². The number of nitrogens with zero attached hydrogens (tertiary/aromatic N) is 4. The number of nitrogens with one attached hydrogen (secondary N) is 2. The zero-order valence-corrected chi connectivity index (χ0v) is 13.3. The van der Waals surface area contributed by atoms with E-state index in [-0.39, 0.29) is 5.91 Å². The predicted molar refractivity (Wildman–Crippen MR) is 86.3 cm³/mol. The lowest BCUT2D eigenvalue weighted by atomic mass is 10.1. The Hall–Kier alpha value is -3.29. The highest BCUT2D eigenvalue weighted by Gasteiger charge is 2.12. The average Bonchev–Trinajstić information content (AvgIpc) is 3.14. The van der Waals surface area contributed by atoms with Gasteiger partial charge in [-0.3, -0.25) is 4.79 Å². The highest BCUT2D eigenvalue weighted by atomic mass is 16.5. The van der Waals surface area contributed by atoms with Crippen LogP contribution in [0.4, 0.5) is 0 Å². The molecule has 0 unspecified atom stereocenters. The highest BCUT2D eigenvalue weighted by molar-refractivity contribution is 5.93. The van der Waals surface area contributed by atoms with Crippen molar-refractivity contribution in [3.05, 3.63) is 53.3 Å². The summed E-state index contributed by atoms with van der Waals surface area (Å²) in [5.41, 5.74) is 2.62. The fourth-order valence-electron chi connectivity index (χ4n) is 2.25. The van der Waals surface area contributed by atoms with Gasteiger partial charge < -0.3 is 10.1 Å². The van der Waals surface area contributed by atoms with E-state index in [0.717, 1.165) is 11.3 Å². The van der Waals surface area contributed by atoms with Crippen LogP contribution in [0.3, 0.4) is 0 Å². The molecular weight excluding hydrogens is 308 g/mol. The van der Waals surface area contributed by atoms with Crippen LogP contribution in [0.2, 0.25) is 0 Å². The first-order valence-electron chi connectivity index (χ1n) is 7.29. The molecule has 0 saturated carbocycles. The fraction of sp³-hybridized carbons (Fsp3) is 0.188. The maximum Gasteiger partial charge on any atom is 0.270 e. The monoisotopic (exact) mass is 324 g/mol. The maximum absolute atomic E-state index is 12.4. The Labute approximate surface area is 138 Å². The summed E-state index contributed by atoms with van der Waals surface area (Å²) in [4.78, 5) is 16.6. The minimum atomic E-state index is -0.272. The molecule has 8 heteroatoms. The minimum absolute atomic E-state index is 0.272. The number of amides is 1. The maximum atomic E-state index is 12.4. The molecule has 0 saturated heterocycles. The van der Waals surface area contributed by atoms with Gasteiger partial charge in [0.1, 0.15) is 11.4 Å². The fourth-order valence-corrected chi connectivity index (χ4v) is 2.25. The Balaban J connectivity index is 1.75. The van der Waals surface area contributed by atoms with E-state index in [1.807, 2.05) is 31.2 Å². The summed E-state index contributed by atoms with van der Waals surface area (Å²) in [6.45, 7) is 2.19. The number of methoxy groups -OCH3 is 1. The lowest BCUT2D eigenvalue weighted by Gasteiger charge is -2.08. The third kappa shape index (κ3) is 3.54. The number of aromatic amines is 1. The number of hydrogen-bond acceptors (Lipinski definition) is 6. The quantitative estimate of drug-likeness (QED) is 0.737. The van der Waals surface area contributed by atoms with Crippen molar-refractivity contribution in [2.45, 2.75) is 13.5 Å². The molecular formula is C16H16N6O2. The van der Waals surface area contributed by atoms with Crippen molar-refractivity contribution in [1.29, 1.82) is 0 Å². The van der Waals surface area contributed by atoms with Crippen LogP contribution in [0, 0.1) is 6.92 Å². The number of aryl methyl sites for hydroxylation is 1. The second kappa shape index (κ2) is 6.86. The first-order valence-corrected chi connectivity index (χ1v) is 7.29. The van der Waals surface area contributed by atoms with E-state index in [4.69, 9.17) is 4.74 Å². The molecule has 3 aromatic rings. The molecule has 0 aliphatic carbocycles. The minimum Gasteiger partial charge on any atom is -0.497 e. The van der Waals surface area contributed by atoms with Gasteiger partial charge in [0.05, 0.1) is 7.11 Å². The van der Waals surface area contributed by atoms with Crippen LogP contribution in [0.5, 0.6) is 5.75 Å². The van der Waals surface area contributed by atoms with Gasteiger partial charge in [-0.2, -0.15) is 5.21 Å². The first kappa shape index (κ1) is 15.6. The predicted octanol–water partition coefficient (Wildman–Crippen LogP) is 1.51. The van der Waals surface area contributed by atoms with Gasteiger partial charge in [0, 0.05) is 17.8 Å². The van der Waals surface area contributed by atoms with Crippen molar-refractivity contribution in [2.75, 3.05) is 7.11 Å². The number of ether oxygens (including phenoxy) is 1. The van der Waals surface area contributed by atoms with Gasteiger partial charge in [-0.15, -0.1) is 10.2 Å². The molecule has 0 fully saturated rings. The Morgan fingerprint density at radius 3 is 2.92 bits per heavy atom. The molecule has 0 spiro atoms. The molecule has 2 heterocycles. The topological polar surface area (TPSA) is 106 Å². The number of benzene rings is 1. The van der Waals surface area contributed by atoms with E-state index in [2.05, 4.69) is 30.9 Å². The van der Waals surface area contributed by atoms with Crippen LogP contribution in [-0.2, 0) is 6.54 Å². The summed E-state index contributed by atoms with van der Waals surface area (Å²) in [5.74, 6) is 0.892. The summed E-state index contributed by atoms with van der Waals surface area (Å²) in [7, 11) is 1.60. The molecule has 24 heavy (non-hydrogen) atoms.